The summed E-state index contributed by atoms with van der Waals surface area (Å²) in [6, 6.07) is 6.12. The molecule has 0 spiro atoms. The molecule has 7 nitrogen and oxygen atoms in total. The van der Waals surface area contributed by atoms with Crippen LogP contribution in [0.5, 0.6) is 5.75 Å². The number of benzene rings is 1. The van der Waals surface area contributed by atoms with Crippen LogP contribution < -0.4 is 4.74 Å². The van der Waals surface area contributed by atoms with Crippen LogP contribution >= 0.6 is 0 Å². The summed E-state index contributed by atoms with van der Waals surface area (Å²) >= 11 is 0. The number of hydrogen-bond acceptors (Lipinski definition) is 6. The molecule has 0 bridgehead atoms. The van der Waals surface area contributed by atoms with Crippen molar-refractivity contribution in [1.29, 1.82) is 0 Å². The maximum absolute atomic E-state index is 12.3. The second-order valence-electron chi connectivity index (χ2n) is 6.77. The van der Waals surface area contributed by atoms with Crippen molar-refractivity contribution in [2.75, 3.05) is 6.61 Å². The molecule has 1 atom stereocenters. The number of carbonyl (C=O) groups excluding carboxylic acids is 1. The van der Waals surface area contributed by atoms with E-state index in [1.807, 2.05) is 13.8 Å². The molecule has 134 valence electrons. The van der Waals surface area contributed by atoms with Crippen molar-refractivity contribution in [3.63, 3.8) is 0 Å². The topological polar surface area (TPSA) is 82.1 Å². The molecular weight excluding hydrogens is 334 g/mol. The highest BCUT2D eigenvalue weighted by atomic mass is 32.2. The first-order chi connectivity index (χ1) is 11.0. The summed E-state index contributed by atoms with van der Waals surface area (Å²) in [6.07, 6.45) is -0.920. The fourth-order valence-electron chi connectivity index (χ4n) is 2.23. The third-order valence-corrected chi connectivity index (χ3v) is 4.43. The predicted molar refractivity (Wildman–Crippen MR) is 87.9 cm³/mol. The number of carbonyl (C=O) groups is 1. The lowest BCUT2D eigenvalue weighted by Gasteiger charge is -2.26. The van der Waals surface area contributed by atoms with Gasteiger partial charge in [-0.3, -0.25) is 4.18 Å². The smallest absolute Gasteiger partial charge is 0.426 e. The summed E-state index contributed by atoms with van der Waals surface area (Å²) in [5.41, 5.74) is -0.188. The van der Waals surface area contributed by atoms with Gasteiger partial charge in [-0.1, -0.05) is 12.1 Å². The Hall–Kier alpha value is -1.80. The van der Waals surface area contributed by atoms with Crippen LogP contribution in [0, 0.1) is 0 Å². The molecule has 1 aromatic rings. The average Bonchev–Trinajstić information content (AvgIpc) is 2.72. The summed E-state index contributed by atoms with van der Waals surface area (Å²) in [6.45, 7) is 8.68. The molecule has 2 rings (SSSR count). The van der Waals surface area contributed by atoms with Crippen LogP contribution in [0.3, 0.4) is 0 Å². The number of amides is 1. The Morgan fingerprint density at radius 1 is 1.25 bits per heavy atom. The summed E-state index contributed by atoms with van der Waals surface area (Å²) < 4.78 is 40.3. The van der Waals surface area contributed by atoms with E-state index in [4.69, 9.17) is 13.7 Å². The van der Waals surface area contributed by atoms with Crippen LogP contribution in [0.1, 0.15) is 46.2 Å². The Bertz CT molecular complexity index is 690. The van der Waals surface area contributed by atoms with Gasteiger partial charge in [-0.15, -0.1) is 0 Å². The first kappa shape index (κ1) is 18.5. The Morgan fingerprint density at radius 3 is 2.33 bits per heavy atom. The van der Waals surface area contributed by atoms with E-state index in [1.54, 1.807) is 45.0 Å². The summed E-state index contributed by atoms with van der Waals surface area (Å²) in [5.74, 6) is 0.666. The normalized spacial score (nSPS) is 20.2. The van der Waals surface area contributed by atoms with Gasteiger partial charge in [-0.05, 0) is 52.3 Å². The van der Waals surface area contributed by atoms with Crippen molar-refractivity contribution in [2.24, 2.45) is 0 Å². The van der Waals surface area contributed by atoms with Gasteiger partial charge in [0.2, 0.25) is 0 Å². The summed E-state index contributed by atoms with van der Waals surface area (Å²) in [7, 11) is -4.16. The standard InChI is InChI=1S/C16H23NO6S/c1-11(2)22-13-8-6-12(7-9-13)14-10-21-24(19,20)17(14)15(18)23-16(3,4)5/h6-9,11,14H,10H2,1-5H3. The maximum Gasteiger partial charge on any atom is 0.426 e. The van der Waals surface area contributed by atoms with Crippen LogP contribution in [0.25, 0.3) is 0 Å². The lowest BCUT2D eigenvalue weighted by Crippen LogP contribution is -2.39. The third-order valence-electron chi connectivity index (χ3n) is 3.11. The van der Waals surface area contributed by atoms with E-state index in [9.17, 15) is 13.2 Å². The Labute approximate surface area is 142 Å². The molecule has 0 N–H and O–H groups in total. The fraction of sp³-hybridized carbons (Fsp3) is 0.562. The fourth-order valence-corrected chi connectivity index (χ4v) is 3.36. The zero-order chi connectivity index (χ0) is 18.1. The molecular formula is C16H23NO6S. The van der Waals surface area contributed by atoms with E-state index in [2.05, 4.69) is 0 Å². The molecule has 1 aliphatic heterocycles. The van der Waals surface area contributed by atoms with Gasteiger partial charge in [0.1, 0.15) is 17.4 Å². The predicted octanol–water partition coefficient (Wildman–Crippen LogP) is 3.03. The van der Waals surface area contributed by atoms with Gasteiger partial charge in [-0.25, -0.2) is 4.79 Å². The van der Waals surface area contributed by atoms with Crippen LogP contribution in [0.15, 0.2) is 24.3 Å². The highest BCUT2D eigenvalue weighted by Gasteiger charge is 2.45. The van der Waals surface area contributed by atoms with Gasteiger partial charge >= 0.3 is 16.4 Å². The molecule has 1 amide bonds. The molecule has 0 aliphatic carbocycles. The quantitative estimate of drug-likeness (QED) is 0.827. The number of hydrogen-bond donors (Lipinski definition) is 0. The third kappa shape index (κ3) is 4.39. The average molecular weight is 357 g/mol. The lowest BCUT2D eigenvalue weighted by atomic mass is 10.1. The van der Waals surface area contributed by atoms with E-state index in [-0.39, 0.29) is 12.7 Å². The monoisotopic (exact) mass is 357 g/mol. The Balaban J connectivity index is 2.26. The van der Waals surface area contributed by atoms with Crippen molar-refractivity contribution in [3.05, 3.63) is 29.8 Å². The number of rotatable bonds is 3. The van der Waals surface area contributed by atoms with Gasteiger partial charge in [-0.2, -0.15) is 12.7 Å². The van der Waals surface area contributed by atoms with Crippen molar-refractivity contribution >= 4 is 16.4 Å². The molecule has 1 aliphatic rings. The number of nitrogens with zero attached hydrogens (tertiary/aromatic N) is 1. The van der Waals surface area contributed by atoms with Crippen LogP contribution in [-0.4, -0.2) is 37.1 Å². The Kier molecular flexibility index (Phi) is 5.10. The second kappa shape index (κ2) is 6.60. The van der Waals surface area contributed by atoms with E-state index < -0.39 is 28.0 Å². The molecule has 1 heterocycles. The minimum atomic E-state index is -4.16. The van der Waals surface area contributed by atoms with Gasteiger partial charge in [0, 0.05) is 0 Å². The highest BCUT2D eigenvalue weighted by Crippen LogP contribution is 2.33. The Morgan fingerprint density at radius 2 is 1.83 bits per heavy atom. The van der Waals surface area contributed by atoms with Crippen molar-refractivity contribution in [3.8, 4) is 5.75 Å². The minimum absolute atomic E-state index is 0.0318. The molecule has 1 aromatic carbocycles. The van der Waals surface area contributed by atoms with Crippen LogP contribution in [0.4, 0.5) is 4.79 Å². The largest absolute Gasteiger partial charge is 0.491 e. The van der Waals surface area contributed by atoms with Gasteiger partial charge in [0.15, 0.2) is 0 Å². The second-order valence-corrected chi connectivity index (χ2v) is 8.25. The SMILES string of the molecule is CC(C)Oc1ccc(C2COS(=O)(=O)N2C(=O)OC(C)(C)C)cc1. The zero-order valence-corrected chi connectivity index (χ0v) is 15.3. The van der Waals surface area contributed by atoms with Gasteiger partial charge < -0.3 is 9.47 Å². The molecule has 1 unspecified atom stereocenters. The molecule has 1 fully saturated rings. The molecule has 0 saturated carbocycles. The maximum atomic E-state index is 12.3. The van der Waals surface area contributed by atoms with Crippen LogP contribution in [-0.2, 0) is 19.2 Å². The molecule has 0 aromatic heterocycles. The van der Waals surface area contributed by atoms with E-state index in [1.165, 1.54) is 0 Å². The van der Waals surface area contributed by atoms with Crippen LogP contribution in [0.2, 0.25) is 0 Å². The minimum Gasteiger partial charge on any atom is -0.491 e. The molecule has 8 heteroatoms. The molecule has 1 saturated heterocycles. The lowest BCUT2D eigenvalue weighted by molar-refractivity contribution is 0.0356. The van der Waals surface area contributed by atoms with E-state index in [0.717, 1.165) is 0 Å². The van der Waals surface area contributed by atoms with Crippen molar-refractivity contribution < 1.29 is 26.9 Å². The highest BCUT2D eigenvalue weighted by molar-refractivity contribution is 7.85. The van der Waals surface area contributed by atoms with Gasteiger partial charge in [0.05, 0.1) is 12.7 Å². The summed E-state index contributed by atoms with van der Waals surface area (Å²) in [5, 5.41) is 0. The summed E-state index contributed by atoms with van der Waals surface area (Å²) in [4.78, 5) is 12.3. The first-order valence-corrected chi connectivity index (χ1v) is 9.04. The molecule has 24 heavy (non-hydrogen) atoms. The zero-order valence-electron chi connectivity index (χ0n) is 14.5. The van der Waals surface area contributed by atoms with Gasteiger partial charge in [0.25, 0.3) is 0 Å². The van der Waals surface area contributed by atoms with E-state index in [0.29, 0.717) is 15.6 Å². The van der Waals surface area contributed by atoms with Crippen molar-refractivity contribution in [1.82, 2.24) is 4.31 Å². The van der Waals surface area contributed by atoms with E-state index >= 15 is 0 Å². The molecule has 0 radical (unpaired) electrons. The number of ether oxygens (including phenoxy) is 2. The van der Waals surface area contributed by atoms with Crippen molar-refractivity contribution in [2.45, 2.75) is 52.4 Å². The first-order valence-electron chi connectivity index (χ1n) is 7.68.